The number of thiazole rings is 1. The first kappa shape index (κ1) is 25.9. The van der Waals surface area contributed by atoms with Gasteiger partial charge in [-0.1, -0.05) is 23.5 Å². The number of carbonyl (C=O) groups is 2. The highest BCUT2D eigenvalue weighted by atomic mass is 32.1. The van der Waals surface area contributed by atoms with Crippen molar-refractivity contribution in [3.05, 3.63) is 81.9 Å². The number of ether oxygens (including phenoxy) is 2. The lowest BCUT2D eigenvalue weighted by Gasteiger charge is -2.23. The lowest BCUT2D eigenvalue weighted by atomic mass is 9.94. The predicted molar refractivity (Wildman–Crippen MR) is 153 cm³/mol. The van der Waals surface area contributed by atoms with E-state index in [9.17, 15) is 19.8 Å². The van der Waals surface area contributed by atoms with Crippen LogP contribution in [0.25, 0.3) is 16.0 Å². The molecular formula is C31H28N2O6S. The molecule has 2 atom stereocenters. The molecule has 1 saturated heterocycles. The molecule has 2 N–H and O–H groups in total. The molecule has 2 aliphatic heterocycles. The van der Waals surface area contributed by atoms with E-state index in [1.807, 2.05) is 32.9 Å². The SMILES string of the molecule is CCOc1cc(C2C(=C(O)c3ccc4c(c3)CC(C)O4)C(=O)C(=O)N2c2nc3c(C)cc(C)cc3s2)ccc1O. The second-order valence-corrected chi connectivity index (χ2v) is 11.2. The summed E-state index contributed by atoms with van der Waals surface area (Å²) in [5.41, 5.74) is 4.54. The highest BCUT2D eigenvalue weighted by Crippen LogP contribution is 2.46. The molecule has 6 rings (SSSR count). The molecule has 3 aromatic carbocycles. The van der Waals surface area contributed by atoms with Crippen molar-refractivity contribution in [3.8, 4) is 17.2 Å². The minimum atomic E-state index is -0.995. The molecule has 3 heterocycles. The number of hydrogen-bond acceptors (Lipinski definition) is 8. The van der Waals surface area contributed by atoms with Gasteiger partial charge in [-0.05, 0) is 86.3 Å². The van der Waals surface area contributed by atoms with E-state index in [2.05, 4.69) is 0 Å². The van der Waals surface area contributed by atoms with Gasteiger partial charge in [0.2, 0.25) is 0 Å². The van der Waals surface area contributed by atoms with E-state index in [0.29, 0.717) is 29.3 Å². The number of phenolic OH excluding ortho intramolecular Hbond substituents is 1. The molecule has 0 saturated carbocycles. The number of carbonyl (C=O) groups excluding carboxylic acids is 2. The number of hydrogen-bond donors (Lipinski definition) is 2. The van der Waals surface area contributed by atoms with E-state index >= 15 is 0 Å². The summed E-state index contributed by atoms with van der Waals surface area (Å²) in [5, 5.41) is 22.3. The topological polar surface area (TPSA) is 109 Å². The molecule has 0 aliphatic carbocycles. The number of rotatable bonds is 5. The number of fused-ring (bicyclic) bond motifs is 2. The zero-order chi connectivity index (χ0) is 28.3. The van der Waals surface area contributed by atoms with Gasteiger partial charge in [-0.3, -0.25) is 14.5 Å². The molecule has 1 fully saturated rings. The van der Waals surface area contributed by atoms with Crippen LogP contribution in [0.15, 0.2) is 54.1 Å². The summed E-state index contributed by atoms with van der Waals surface area (Å²) in [7, 11) is 0. The van der Waals surface area contributed by atoms with Gasteiger partial charge >= 0.3 is 5.91 Å². The van der Waals surface area contributed by atoms with Crippen molar-refractivity contribution in [2.45, 2.75) is 46.3 Å². The number of benzene rings is 3. The van der Waals surface area contributed by atoms with Gasteiger partial charge in [0, 0.05) is 12.0 Å². The van der Waals surface area contributed by atoms with E-state index in [-0.39, 0.29) is 28.9 Å². The Morgan fingerprint density at radius 2 is 1.95 bits per heavy atom. The van der Waals surface area contributed by atoms with Crippen LogP contribution in [-0.2, 0) is 16.0 Å². The molecule has 204 valence electrons. The van der Waals surface area contributed by atoms with E-state index in [1.54, 1.807) is 37.3 Å². The first-order chi connectivity index (χ1) is 19.2. The number of amides is 1. The van der Waals surface area contributed by atoms with E-state index in [1.165, 1.54) is 22.3 Å². The van der Waals surface area contributed by atoms with Gasteiger partial charge in [0.1, 0.15) is 17.6 Å². The Morgan fingerprint density at radius 3 is 2.73 bits per heavy atom. The second kappa shape index (κ2) is 9.67. The highest BCUT2D eigenvalue weighted by molar-refractivity contribution is 7.22. The number of ketones is 1. The monoisotopic (exact) mass is 556 g/mol. The molecule has 4 aromatic rings. The minimum Gasteiger partial charge on any atom is -0.507 e. The third-order valence-corrected chi connectivity index (χ3v) is 8.24. The molecule has 8 nitrogen and oxygen atoms in total. The Bertz CT molecular complexity index is 1740. The summed E-state index contributed by atoms with van der Waals surface area (Å²) in [6.45, 7) is 8.02. The highest BCUT2D eigenvalue weighted by Gasteiger charge is 2.48. The maximum absolute atomic E-state index is 13.7. The van der Waals surface area contributed by atoms with Gasteiger partial charge in [-0.25, -0.2) is 4.98 Å². The molecule has 0 spiro atoms. The number of phenols is 1. The Labute approximate surface area is 235 Å². The first-order valence-electron chi connectivity index (χ1n) is 13.1. The molecular weight excluding hydrogens is 528 g/mol. The van der Waals surface area contributed by atoms with Gasteiger partial charge < -0.3 is 19.7 Å². The number of aromatic hydroxyl groups is 1. The Balaban J connectivity index is 1.56. The van der Waals surface area contributed by atoms with Crippen molar-refractivity contribution < 1.29 is 29.3 Å². The second-order valence-electron chi connectivity index (χ2n) is 10.2. The minimum absolute atomic E-state index is 0.0121. The van der Waals surface area contributed by atoms with Gasteiger partial charge in [-0.15, -0.1) is 0 Å². The average Bonchev–Trinajstić information content (AvgIpc) is 3.57. The number of aliphatic hydroxyl groups is 1. The fourth-order valence-electron chi connectivity index (χ4n) is 5.50. The molecule has 2 aliphatic rings. The van der Waals surface area contributed by atoms with E-state index in [0.717, 1.165) is 32.7 Å². The summed E-state index contributed by atoms with van der Waals surface area (Å²) in [6, 6.07) is 12.9. The zero-order valence-corrected chi connectivity index (χ0v) is 23.3. The molecule has 0 bridgehead atoms. The standard InChI is InChI=1S/C31H28N2O6S/c1-5-38-23-14-18(6-8-21(23)34)27-25(28(35)19-7-9-22-20(13-19)12-17(4)39-22)29(36)30(37)33(27)31-32-26-16(3)10-15(2)11-24(26)40-31/h6-11,13-14,17,27,34-35H,5,12H2,1-4H3. The van der Waals surface area contributed by atoms with Crippen molar-refractivity contribution in [1.29, 1.82) is 0 Å². The average molecular weight is 557 g/mol. The van der Waals surface area contributed by atoms with Gasteiger partial charge in [-0.2, -0.15) is 0 Å². The lowest BCUT2D eigenvalue weighted by molar-refractivity contribution is -0.132. The Morgan fingerprint density at radius 1 is 1.15 bits per heavy atom. The summed E-state index contributed by atoms with van der Waals surface area (Å²) in [6.07, 6.45) is 0.687. The first-order valence-corrected chi connectivity index (χ1v) is 13.9. The third kappa shape index (κ3) is 4.17. The van der Waals surface area contributed by atoms with E-state index in [4.69, 9.17) is 14.5 Å². The van der Waals surface area contributed by atoms with Crippen LogP contribution in [0.5, 0.6) is 17.2 Å². The maximum Gasteiger partial charge on any atom is 0.301 e. The fourth-order valence-corrected chi connectivity index (χ4v) is 6.67. The van der Waals surface area contributed by atoms with Gasteiger partial charge in [0.25, 0.3) is 5.78 Å². The number of aromatic nitrogens is 1. The number of aryl methyl sites for hydroxylation is 2. The van der Waals surface area contributed by atoms with Crippen LogP contribution in [0.3, 0.4) is 0 Å². The number of Topliss-reactive ketones (excluding diaryl/α,β-unsaturated/α-hetero) is 1. The van der Waals surface area contributed by atoms with Crippen molar-refractivity contribution in [3.63, 3.8) is 0 Å². The number of aliphatic hydroxyl groups excluding tert-OH is 1. The van der Waals surface area contributed by atoms with Crippen molar-refractivity contribution >= 4 is 44.1 Å². The molecule has 2 unspecified atom stereocenters. The molecule has 9 heteroatoms. The van der Waals surface area contributed by atoms with Crippen LogP contribution in [-0.4, -0.2) is 39.6 Å². The summed E-state index contributed by atoms with van der Waals surface area (Å²) in [5.74, 6) is -1.00. The van der Waals surface area contributed by atoms with Crippen molar-refractivity contribution in [2.75, 3.05) is 11.5 Å². The summed E-state index contributed by atoms with van der Waals surface area (Å²) < 4.78 is 12.3. The normalized spacial score (nSPS) is 19.8. The lowest BCUT2D eigenvalue weighted by Crippen LogP contribution is -2.29. The summed E-state index contributed by atoms with van der Waals surface area (Å²) in [4.78, 5) is 33.4. The number of anilines is 1. The smallest absolute Gasteiger partial charge is 0.301 e. The van der Waals surface area contributed by atoms with Crippen LogP contribution < -0.4 is 14.4 Å². The van der Waals surface area contributed by atoms with Gasteiger partial charge in [0.15, 0.2) is 16.6 Å². The van der Waals surface area contributed by atoms with Crippen LogP contribution >= 0.6 is 11.3 Å². The largest absolute Gasteiger partial charge is 0.507 e. The molecule has 1 amide bonds. The molecule has 40 heavy (non-hydrogen) atoms. The Hall–Kier alpha value is -4.37. The van der Waals surface area contributed by atoms with E-state index < -0.39 is 17.7 Å². The van der Waals surface area contributed by atoms with Gasteiger partial charge in [0.05, 0.1) is 28.4 Å². The van der Waals surface area contributed by atoms with Crippen molar-refractivity contribution in [1.82, 2.24) is 4.98 Å². The van der Waals surface area contributed by atoms with Crippen LogP contribution in [0.1, 0.15) is 47.7 Å². The quantitative estimate of drug-likeness (QED) is 0.177. The fraction of sp³-hybridized carbons (Fsp3) is 0.258. The Kier molecular flexibility index (Phi) is 6.26. The maximum atomic E-state index is 13.7. The van der Waals surface area contributed by atoms with Crippen LogP contribution in [0.2, 0.25) is 0 Å². The van der Waals surface area contributed by atoms with Crippen LogP contribution in [0, 0.1) is 13.8 Å². The van der Waals surface area contributed by atoms with Crippen molar-refractivity contribution in [2.24, 2.45) is 0 Å². The third-order valence-electron chi connectivity index (χ3n) is 7.24. The molecule has 0 radical (unpaired) electrons. The summed E-state index contributed by atoms with van der Waals surface area (Å²) >= 11 is 1.31. The molecule has 1 aromatic heterocycles. The predicted octanol–water partition coefficient (Wildman–Crippen LogP) is 5.97. The number of nitrogens with zero attached hydrogens (tertiary/aromatic N) is 2. The van der Waals surface area contributed by atoms with Crippen LogP contribution in [0.4, 0.5) is 5.13 Å². The zero-order valence-electron chi connectivity index (χ0n) is 22.5.